The quantitative estimate of drug-likeness (QED) is 0.395. The van der Waals surface area contributed by atoms with Crippen molar-refractivity contribution in [2.75, 3.05) is 26.7 Å². The molecule has 6 nitrogen and oxygen atoms in total. The zero-order valence-electron chi connectivity index (χ0n) is 17.3. The predicted molar refractivity (Wildman–Crippen MR) is 111 cm³/mol. The van der Waals surface area contributed by atoms with E-state index in [9.17, 15) is 13.2 Å². The van der Waals surface area contributed by atoms with Crippen LogP contribution in [-0.2, 0) is 6.18 Å². The molecule has 0 amide bonds. The van der Waals surface area contributed by atoms with Crippen LogP contribution in [0.3, 0.4) is 0 Å². The van der Waals surface area contributed by atoms with Crippen LogP contribution in [0, 0.1) is 0 Å². The summed E-state index contributed by atoms with van der Waals surface area (Å²) in [6, 6.07) is 2.43. The number of hydrogen-bond donors (Lipinski definition) is 2. The Labute approximate surface area is 180 Å². The van der Waals surface area contributed by atoms with Crippen LogP contribution in [0.4, 0.5) is 13.2 Å². The van der Waals surface area contributed by atoms with Gasteiger partial charge in [0.25, 0.3) is 0 Å². The van der Waals surface area contributed by atoms with Crippen LogP contribution < -0.4 is 15.4 Å². The first-order valence-electron chi connectivity index (χ1n) is 10.4. The molecule has 1 aromatic heterocycles. The first-order valence-corrected chi connectivity index (χ1v) is 10.8. The average Bonchev–Trinajstić information content (AvgIpc) is 2.66. The molecular weight excluding hydrogens is 419 g/mol. The van der Waals surface area contributed by atoms with Gasteiger partial charge in [-0.15, -0.1) is 0 Å². The molecule has 30 heavy (non-hydrogen) atoms. The summed E-state index contributed by atoms with van der Waals surface area (Å²) in [7, 11) is 2.22. The molecule has 1 aromatic rings. The van der Waals surface area contributed by atoms with E-state index in [0.717, 1.165) is 31.4 Å². The second-order valence-corrected chi connectivity index (χ2v) is 8.24. The Morgan fingerprint density at radius 1 is 1.33 bits per heavy atom. The van der Waals surface area contributed by atoms with Crippen LogP contribution >= 0.6 is 11.6 Å². The van der Waals surface area contributed by atoms with Crippen LogP contribution in [0.2, 0.25) is 5.02 Å². The topological polar surface area (TPSA) is 61.8 Å². The van der Waals surface area contributed by atoms with E-state index in [1.807, 2.05) is 6.92 Å². The van der Waals surface area contributed by atoms with E-state index >= 15 is 0 Å². The zero-order chi connectivity index (χ0) is 21.7. The van der Waals surface area contributed by atoms with Gasteiger partial charge in [0.05, 0.1) is 12.1 Å². The number of halogens is 4. The number of piperidine rings is 2. The third-order valence-electron chi connectivity index (χ3n) is 5.76. The Morgan fingerprint density at radius 2 is 2.03 bits per heavy atom. The molecule has 2 aliphatic rings. The average molecular weight is 448 g/mol. The highest BCUT2D eigenvalue weighted by molar-refractivity contribution is 6.31. The molecule has 3 heterocycles. The molecule has 2 unspecified atom stereocenters. The molecule has 168 valence electrons. The minimum Gasteiger partial charge on any atom is -0.475 e. The summed E-state index contributed by atoms with van der Waals surface area (Å²) in [6.07, 6.45) is 2.21. The van der Waals surface area contributed by atoms with Gasteiger partial charge in [0.1, 0.15) is 11.6 Å². The fourth-order valence-electron chi connectivity index (χ4n) is 4.23. The summed E-state index contributed by atoms with van der Waals surface area (Å²) in [5, 5.41) is 6.60. The predicted octanol–water partition coefficient (Wildman–Crippen LogP) is 3.70. The highest BCUT2D eigenvalue weighted by Gasteiger charge is 2.36. The summed E-state index contributed by atoms with van der Waals surface area (Å²) in [6.45, 7) is 3.22. The van der Waals surface area contributed by atoms with Crippen LogP contribution in [0.15, 0.2) is 17.3 Å². The summed E-state index contributed by atoms with van der Waals surface area (Å²) in [5.41, 5.74) is -0.903. The number of fused-ring (bicyclic) bond motifs is 2. The van der Waals surface area contributed by atoms with Crippen LogP contribution in [-0.4, -0.2) is 60.7 Å². The Balaban J connectivity index is 1.52. The number of alkyl halides is 3. The molecule has 2 N–H and O–H groups in total. The third kappa shape index (κ3) is 5.91. The van der Waals surface area contributed by atoms with Crippen molar-refractivity contribution in [3.05, 3.63) is 22.8 Å². The van der Waals surface area contributed by atoms with Crippen molar-refractivity contribution in [3.63, 3.8) is 0 Å². The maximum atomic E-state index is 12.7. The van der Waals surface area contributed by atoms with Gasteiger partial charge in [0, 0.05) is 30.9 Å². The highest BCUT2D eigenvalue weighted by atomic mass is 35.5. The smallest absolute Gasteiger partial charge is 0.417 e. The van der Waals surface area contributed by atoms with E-state index in [4.69, 9.17) is 16.3 Å². The van der Waals surface area contributed by atoms with Gasteiger partial charge in [-0.2, -0.15) is 13.2 Å². The SMILES string of the molecule is CCNC(=NCCOc1ncc(C(F)(F)F)cc1Cl)NC1CC2CCCC(C1)N2C. The Hall–Kier alpha value is -1.74. The number of nitrogens with one attached hydrogen (secondary N) is 2. The monoisotopic (exact) mass is 447 g/mol. The molecule has 0 saturated carbocycles. The molecule has 2 fully saturated rings. The second kappa shape index (κ2) is 10.0. The van der Waals surface area contributed by atoms with Crippen molar-refractivity contribution in [2.45, 2.75) is 63.3 Å². The Bertz CT molecular complexity index is 732. The molecule has 2 atom stereocenters. The normalized spacial score (nSPS) is 25.1. The van der Waals surface area contributed by atoms with Gasteiger partial charge >= 0.3 is 6.18 Å². The van der Waals surface area contributed by atoms with Crippen molar-refractivity contribution in [2.24, 2.45) is 4.99 Å². The van der Waals surface area contributed by atoms with Crippen LogP contribution in [0.25, 0.3) is 0 Å². The lowest BCUT2D eigenvalue weighted by Gasteiger charge is -2.47. The number of ether oxygens (including phenoxy) is 1. The molecule has 2 aliphatic heterocycles. The minimum absolute atomic E-state index is 0.0269. The Kier molecular flexibility index (Phi) is 7.68. The molecule has 0 spiro atoms. The van der Waals surface area contributed by atoms with Gasteiger partial charge in [-0.3, -0.25) is 0 Å². The molecule has 3 rings (SSSR count). The molecule has 0 radical (unpaired) electrons. The molecule has 2 bridgehead atoms. The summed E-state index contributed by atoms with van der Waals surface area (Å²) < 4.78 is 43.5. The van der Waals surface area contributed by atoms with Gasteiger partial charge in [-0.1, -0.05) is 18.0 Å². The molecule has 2 saturated heterocycles. The third-order valence-corrected chi connectivity index (χ3v) is 6.03. The van der Waals surface area contributed by atoms with E-state index in [0.29, 0.717) is 30.9 Å². The summed E-state index contributed by atoms with van der Waals surface area (Å²) >= 11 is 5.86. The summed E-state index contributed by atoms with van der Waals surface area (Å²) in [4.78, 5) is 10.7. The maximum Gasteiger partial charge on any atom is 0.417 e. The van der Waals surface area contributed by atoms with Crippen LogP contribution in [0.1, 0.15) is 44.6 Å². The van der Waals surface area contributed by atoms with E-state index < -0.39 is 11.7 Å². The maximum absolute atomic E-state index is 12.7. The van der Waals surface area contributed by atoms with Crippen molar-refractivity contribution in [1.82, 2.24) is 20.5 Å². The van der Waals surface area contributed by atoms with Crippen molar-refractivity contribution in [3.8, 4) is 5.88 Å². The molecule has 0 aliphatic carbocycles. The molecular formula is C20H29ClF3N5O. The lowest BCUT2D eigenvalue weighted by atomic mass is 9.82. The standard InChI is InChI=1S/C20H29ClF3N5O/c1-3-25-19(28-14-10-15-5-4-6-16(11-14)29(15)2)26-7-8-30-18-17(21)9-13(12-27-18)20(22,23)24/h9,12,14-16H,3-8,10-11H2,1-2H3,(H2,25,26,28). The number of aromatic nitrogens is 1. The fraction of sp³-hybridized carbons (Fsp3) is 0.700. The number of pyridine rings is 1. The molecule has 0 aromatic carbocycles. The fourth-order valence-corrected chi connectivity index (χ4v) is 4.45. The van der Waals surface area contributed by atoms with Crippen molar-refractivity contribution in [1.29, 1.82) is 0 Å². The highest BCUT2D eigenvalue weighted by Crippen LogP contribution is 2.33. The number of rotatable bonds is 6. The van der Waals surface area contributed by atoms with Crippen molar-refractivity contribution < 1.29 is 17.9 Å². The first kappa shape index (κ1) is 22.9. The largest absolute Gasteiger partial charge is 0.475 e. The van der Waals surface area contributed by atoms with Gasteiger partial charge in [0.2, 0.25) is 5.88 Å². The van der Waals surface area contributed by atoms with Crippen LogP contribution in [0.5, 0.6) is 5.88 Å². The first-order chi connectivity index (χ1) is 14.3. The number of guanidine groups is 1. The second-order valence-electron chi connectivity index (χ2n) is 7.83. The summed E-state index contributed by atoms with van der Waals surface area (Å²) in [5.74, 6) is 0.696. The van der Waals surface area contributed by atoms with E-state index in [1.165, 1.54) is 19.3 Å². The van der Waals surface area contributed by atoms with Gasteiger partial charge in [-0.05, 0) is 45.7 Å². The van der Waals surface area contributed by atoms with Crippen molar-refractivity contribution >= 4 is 17.6 Å². The number of aliphatic imine (C=N–C) groups is 1. The number of hydrogen-bond acceptors (Lipinski definition) is 4. The van der Waals surface area contributed by atoms with Gasteiger partial charge in [0.15, 0.2) is 5.96 Å². The van der Waals surface area contributed by atoms with Gasteiger partial charge in [-0.25, -0.2) is 9.98 Å². The minimum atomic E-state index is -4.49. The van der Waals surface area contributed by atoms with E-state index in [2.05, 4.69) is 32.6 Å². The molecule has 10 heteroatoms. The van der Waals surface area contributed by atoms with Gasteiger partial charge < -0.3 is 20.3 Å². The number of nitrogens with zero attached hydrogens (tertiary/aromatic N) is 3. The Morgan fingerprint density at radius 3 is 2.63 bits per heavy atom. The zero-order valence-corrected chi connectivity index (χ0v) is 18.1. The van der Waals surface area contributed by atoms with E-state index in [-0.39, 0.29) is 17.5 Å². The van der Waals surface area contributed by atoms with E-state index in [1.54, 1.807) is 0 Å². The lowest BCUT2D eigenvalue weighted by Crippen LogP contribution is -2.56. The lowest BCUT2D eigenvalue weighted by molar-refractivity contribution is -0.137.